The van der Waals surface area contributed by atoms with Crippen molar-refractivity contribution < 1.29 is 13.2 Å². The molecular formula is C19H24N6O3S2. The van der Waals surface area contributed by atoms with E-state index < -0.39 is 10.0 Å². The molecule has 0 radical (unpaired) electrons. The number of anilines is 3. The Kier molecular flexibility index (Phi) is 7.32. The van der Waals surface area contributed by atoms with Crippen molar-refractivity contribution in [2.75, 3.05) is 37.4 Å². The number of methoxy groups -OCH3 is 1. The van der Waals surface area contributed by atoms with Gasteiger partial charge in [0.25, 0.3) is 0 Å². The van der Waals surface area contributed by atoms with E-state index in [1.54, 1.807) is 29.7 Å². The first-order valence-electron chi connectivity index (χ1n) is 9.33. The highest BCUT2D eigenvalue weighted by atomic mass is 32.2. The number of aryl methyl sites for hydroxylation is 1. The van der Waals surface area contributed by atoms with E-state index in [1.807, 2.05) is 19.9 Å². The Bertz CT molecular complexity index is 1080. The van der Waals surface area contributed by atoms with Crippen LogP contribution in [0.4, 0.5) is 16.8 Å². The summed E-state index contributed by atoms with van der Waals surface area (Å²) in [6.07, 6.45) is 1.68. The molecule has 9 nitrogen and oxygen atoms in total. The number of thiazole rings is 1. The van der Waals surface area contributed by atoms with Crippen molar-refractivity contribution in [3.05, 3.63) is 42.2 Å². The summed E-state index contributed by atoms with van der Waals surface area (Å²) >= 11 is 1.54. The summed E-state index contributed by atoms with van der Waals surface area (Å²) in [6, 6.07) is 8.22. The second kappa shape index (κ2) is 9.94. The maximum absolute atomic E-state index is 12.2. The monoisotopic (exact) mass is 448 g/mol. The predicted octanol–water partition coefficient (Wildman–Crippen LogP) is 3.01. The maximum Gasteiger partial charge on any atom is 0.240 e. The van der Waals surface area contributed by atoms with Gasteiger partial charge >= 0.3 is 0 Å². The van der Waals surface area contributed by atoms with Gasteiger partial charge in [0.2, 0.25) is 16.0 Å². The molecule has 2 aromatic heterocycles. The Labute approximate surface area is 180 Å². The highest BCUT2D eigenvalue weighted by molar-refractivity contribution is 7.89. The van der Waals surface area contributed by atoms with Gasteiger partial charge in [-0.1, -0.05) is 11.3 Å². The van der Waals surface area contributed by atoms with Crippen molar-refractivity contribution in [3.8, 4) is 10.6 Å². The van der Waals surface area contributed by atoms with Gasteiger partial charge in [-0.2, -0.15) is 0 Å². The molecule has 0 saturated heterocycles. The van der Waals surface area contributed by atoms with Crippen LogP contribution >= 0.6 is 11.3 Å². The SMILES string of the molecule is CCNc1nc(C)c(-c2ccnc(Nc3ccc(S(=O)(=O)NCCOC)cc3)n2)s1. The highest BCUT2D eigenvalue weighted by Crippen LogP contribution is 2.31. The van der Waals surface area contributed by atoms with Crippen LogP contribution in [0.1, 0.15) is 12.6 Å². The van der Waals surface area contributed by atoms with Gasteiger partial charge < -0.3 is 15.4 Å². The molecule has 1 aromatic carbocycles. The van der Waals surface area contributed by atoms with Gasteiger partial charge in [0, 0.05) is 32.1 Å². The average Bonchev–Trinajstić information content (AvgIpc) is 3.09. The zero-order valence-corrected chi connectivity index (χ0v) is 18.6. The minimum absolute atomic E-state index is 0.176. The molecule has 0 atom stereocenters. The van der Waals surface area contributed by atoms with Crippen LogP contribution in [0.25, 0.3) is 10.6 Å². The molecule has 3 N–H and O–H groups in total. The number of hydrogen-bond acceptors (Lipinski definition) is 9. The summed E-state index contributed by atoms with van der Waals surface area (Å²) < 4.78 is 31.8. The van der Waals surface area contributed by atoms with E-state index in [4.69, 9.17) is 4.74 Å². The molecule has 160 valence electrons. The lowest BCUT2D eigenvalue weighted by Crippen LogP contribution is -2.27. The highest BCUT2D eigenvalue weighted by Gasteiger charge is 2.14. The number of ether oxygens (including phenoxy) is 1. The van der Waals surface area contributed by atoms with Crippen molar-refractivity contribution in [2.24, 2.45) is 0 Å². The van der Waals surface area contributed by atoms with Crippen molar-refractivity contribution in [1.29, 1.82) is 0 Å². The third kappa shape index (κ3) is 5.51. The first-order chi connectivity index (χ1) is 14.4. The fraction of sp³-hybridized carbons (Fsp3) is 0.316. The van der Waals surface area contributed by atoms with E-state index in [-0.39, 0.29) is 11.4 Å². The first kappa shape index (κ1) is 22.1. The minimum Gasteiger partial charge on any atom is -0.383 e. The second-order valence-corrected chi connectivity index (χ2v) is 9.04. The van der Waals surface area contributed by atoms with Crippen LogP contribution in [0.3, 0.4) is 0 Å². The molecule has 3 aromatic rings. The van der Waals surface area contributed by atoms with Crippen LogP contribution in [-0.4, -0.2) is 50.2 Å². The van der Waals surface area contributed by atoms with Gasteiger partial charge in [-0.05, 0) is 44.2 Å². The van der Waals surface area contributed by atoms with Crippen molar-refractivity contribution >= 4 is 38.1 Å². The topological polar surface area (TPSA) is 118 Å². The fourth-order valence-corrected chi connectivity index (χ4v) is 4.63. The smallest absolute Gasteiger partial charge is 0.240 e. The standard InChI is InChI=1S/C19H24N6O3S2/c1-4-20-19-23-13(2)17(29-19)16-9-10-21-18(25-16)24-14-5-7-15(8-6-14)30(26,27)22-11-12-28-3/h5-10,22H,4,11-12H2,1-3H3,(H,20,23)(H,21,24,25). The zero-order chi connectivity index (χ0) is 21.6. The van der Waals surface area contributed by atoms with Crippen LogP contribution in [0.15, 0.2) is 41.4 Å². The van der Waals surface area contributed by atoms with Gasteiger partial charge in [0.15, 0.2) is 5.13 Å². The van der Waals surface area contributed by atoms with Crippen LogP contribution in [0.2, 0.25) is 0 Å². The van der Waals surface area contributed by atoms with Gasteiger partial charge in [0.05, 0.1) is 27.8 Å². The largest absolute Gasteiger partial charge is 0.383 e. The Morgan fingerprint density at radius 2 is 1.90 bits per heavy atom. The Hall–Kier alpha value is -2.60. The van der Waals surface area contributed by atoms with Crippen LogP contribution in [-0.2, 0) is 14.8 Å². The molecule has 0 aliphatic rings. The number of nitrogens with one attached hydrogen (secondary N) is 3. The van der Waals surface area contributed by atoms with Crippen molar-refractivity contribution in [2.45, 2.75) is 18.7 Å². The van der Waals surface area contributed by atoms with E-state index in [0.29, 0.717) is 18.2 Å². The molecule has 3 rings (SSSR count). The number of nitrogens with zero attached hydrogens (tertiary/aromatic N) is 3. The number of benzene rings is 1. The van der Waals surface area contributed by atoms with Crippen molar-refractivity contribution in [1.82, 2.24) is 19.7 Å². The molecule has 0 aliphatic heterocycles. The van der Waals surface area contributed by atoms with Gasteiger partial charge in [-0.25, -0.2) is 28.1 Å². The molecule has 0 aliphatic carbocycles. The van der Waals surface area contributed by atoms with Gasteiger partial charge in [-0.3, -0.25) is 0 Å². The number of hydrogen-bond donors (Lipinski definition) is 3. The molecular weight excluding hydrogens is 424 g/mol. The third-order valence-corrected chi connectivity index (χ3v) is 6.65. The van der Waals surface area contributed by atoms with E-state index >= 15 is 0 Å². The molecule has 30 heavy (non-hydrogen) atoms. The lowest BCUT2D eigenvalue weighted by atomic mass is 10.3. The fourth-order valence-electron chi connectivity index (χ4n) is 2.61. The van der Waals surface area contributed by atoms with Crippen LogP contribution in [0.5, 0.6) is 0 Å². The molecule has 2 heterocycles. The molecule has 0 unspecified atom stereocenters. The maximum atomic E-state index is 12.2. The number of aromatic nitrogens is 3. The van der Waals surface area contributed by atoms with Gasteiger partial charge in [0.1, 0.15) is 0 Å². The van der Waals surface area contributed by atoms with E-state index in [9.17, 15) is 8.42 Å². The second-order valence-electron chi connectivity index (χ2n) is 6.27. The molecule has 0 fully saturated rings. The van der Waals surface area contributed by atoms with E-state index in [2.05, 4.69) is 30.3 Å². The summed E-state index contributed by atoms with van der Waals surface area (Å²) in [7, 11) is -2.06. The van der Waals surface area contributed by atoms with E-state index in [0.717, 1.165) is 27.9 Å². The molecule has 0 bridgehead atoms. The first-order valence-corrected chi connectivity index (χ1v) is 11.6. The third-order valence-electron chi connectivity index (χ3n) is 4.03. The summed E-state index contributed by atoms with van der Waals surface area (Å²) in [6.45, 7) is 5.29. The summed E-state index contributed by atoms with van der Waals surface area (Å²) in [5.74, 6) is 0.416. The summed E-state index contributed by atoms with van der Waals surface area (Å²) in [4.78, 5) is 14.5. The molecule has 11 heteroatoms. The zero-order valence-electron chi connectivity index (χ0n) is 17.0. The van der Waals surface area contributed by atoms with E-state index in [1.165, 1.54) is 19.2 Å². The Balaban J connectivity index is 1.74. The quantitative estimate of drug-likeness (QED) is 0.405. The summed E-state index contributed by atoms with van der Waals surface area (Å²) in [5, 5.41) is 7.18. The molecule has 0 saturated carbocycles. The number of rotatable bonds is 10. The molecule has 0 spiro atoms. The Morgan fingerprint density at radius 1 is 1.13 bits per heavy atom. The van der Waals surface area contributed by atoms with Crippen molar-refractivity contribution in [3.63, 3.8) is 0 Å². The normalized spacial score (nSPS) is 11.4. The lowest BCUT2D eigenvalue weighted by Gasteiger charge is -2.09. The Morgan fingerprint density at radius 3 is 2.60 bits per heavy atom. The predicted molar refractivity (Wildman–Crippen MR) is 119 cm³/mol. The number of sulfonamides is 1. The molecule has 0 amide bonds. The minimum atomic E-state index is -3.57. The summed E-state index contributed by atoms with van der Waals surface area (Å²) in [5.41, 5.74) is 2.35. The average molecular weight is 449 g/mol. The van der Waals surface area contributed by atoms with Crippen LogP contribution < -0.4 is 15.4 Å². The van der Waals surface area contributed by atoms with Gasteiger partial charge in [-0.15, -0.1) is 0 Å². The lowest BCUT2D eigenvalue weighted by molar-refractivity contribution is 0.204. The van der Waals surface area contributed by atoms with Crippen LogP contribution in [0, 0.1) is 6.92 Å².